The number of hydrogen-bond acceptors (Lipinski definition) is 5. The fraction of sp³-hybridized carbons (Fsp3) is 0.0667. The summed E-state index contributed by atoms with van der Waals surface area (Å²) in [4.78, 5) is 16.7. The molecule has 22 heavy (non-hydrogen) atoms. The summed E-state index contributed by atoms with van der Waals surface area (Å²) in [7, 11) is 0. The normalized spacial score (nSPS) is 10.4. The number of carbonyl (C=O) groups excluding carboxylic acids is 1. The van der Waals surface area contributed by atoms with E-state index < -0.39 is 0 Å². The molecule has 1 aromatic carbocycles. The van der Waals surface area contributed by atoms with Crippen molar-refractivity contribution in [3.8, 4) is 5.69 Å². The lowest BCUT2D eigenvalue weighted by atomic mass is 10.1. The van der Waals surface area contributed by atoms with Crippen molar-refractivity contribution in [3.05, 3.63) is 60.6 Å². The number of hydrogen-bond donors (Lipinski definition) is 1. The predicted octanol–water partition coefficient (Wildman–Crippen LogP) is 2.64. The van der Waals surface area contributed by atoms with E-state index in [1.54, 1.807) is 41.1 Å². The van der Waals surface area contributed by atoms with E-state index in [0.717, 1.165) is 5.03 Å². The molecule has 0 saturated heterocycles. The first kappa shape index (κ1) is 14.3. The largest absolute Gasteiger partial charge is 0.321 e. The van der Waals surface area contributed by atoms with E-state index in [0.29, 0.717) is 16.9 Å². The van der Waals surface area contributed by atoms with Crippen LogP contribution in [0.5, 0.6) is 0 Å². The Morgan fingerprint density at radius 1 is 1.23 bits per heavy atom. The van der Waals surface area contributed by atoms with Crippen LogP contribution in [0, 0.1) is 0 Å². The summed E-state index contributed by atoms with van der Waals surface area (Å²) >= 11 is 1.55. The molecule has 3 rings (SSSR count). The molecule has 7 heteroatoms. The van der Waals surface area contributed by atoms with Gasteiger partial charge in [-0.2, -0.15) is 0 Å². The number of pyridine rings is 1. The molecule has 0 aliphatic carbocycles. The van der Waals surface area contributed by atoms with Crippen molar-refractivity contribution in [1.82, 2.24) is 20.0 Å². The van der Waals surface area contributed by atoms with E-state index in [2.05, 4.69) is 20.6 Å². The number of para-hydroxylation sites is 1. The lowest BCUT2D eigenvalue weighted by molar-refractivity contribution is 0.102. The minimum absolute atomic E-state index is 0.218. The molecule has 0 atom stereocenters. The molecule has 0 saturated carbocycles. The minimum atomic E-state index is -0.218. The minimum Gasteiger partial charge on any atom is -0.321 e. The summed E-state index contributed by atoms with van der Waals surface area (Å²) < 4.78 is 1.56. The summed E-state index contributed by atoms with van der Waals surface area (Å²) in [5, 5.41) is 11.4. The standard InChI is InChI=1S/C15H13N5OS/c1-22-14-7-6-11(10-16-14)18-15(21)12-4-2-3-5-13(12)20-9-8-17-19-20/h2-10H,1H3,(H,18,21). The molecular weight excluding hydrogens is 298 g/mol. The highest BCUT2D eigenvalue weighted by molar-refractivity contribution is 7.98. The zero-order valence-electron chi connectivity index (χ0n) is 11.8. The van der Waals surface area contributed by atoms with Crippen LogP contribution in [-0.4, -0.2) is 32.1 Å². The van der Waals surface area contributed by atoms with Gasteiger partial charge in [-0.1, -0.05) is 17.3 Å². The molecule has 1 amide bonds. The summed E-state index contributed by atoms with van der Waals surface area (Å²) in [5.41, 5.74) is 1.84. The Morgan fingerprint density at radius 3 is 2.77 bits per heavy atom. The fourth-order valence-electron chi connectivity index (χ4n) is 1.98. The van der Waals surface area contributed by atoms with Crippen LogP contribution >= 0.6 is 11.8 Å². The monoisotopic (exact) mass is 311 g/mol. The van der Waals surface area contributed by atoms with Gasteiger partial charge in [0.1, 0.15) is 0 Å². The number of anilines is 1. The van der Waals surface area contributed by atoms with Gasteiger partial charge in [0, 0.05) is 0 Å². The maximum atomic E-state index is 12.5. The van der Waals surface area contributed by atoms with E-state index in [4.69, 9.17) is 0 Å². The van der Waals surface area contributed by atoms with Gasteiger partial charge in [0.05, 0.1) is 40.6 Å². The van der Waals surface area contributed by atoms with Crippen LogP contribution in [0.25, 0.3) is 5.69 Å². The van der Waals surface area contributed by atoms with Gasteiger partial charge in [0.15, 0.2) is 0 Å². The molecule has 110 valence electrons. The molecular formula is C15H13N5OS. The van der Waals surface area contributed by atoms with E-state index in [1.807, 2.05) is 36.6 Å². The maximum Gasteiger partial charge on any atom is 0.257 e. The zero-order valence-corrected chi connectivity index (χ0v) is 12.6. The van der Waals surface area contributed by atoms with Gasteiger partial charge in [0.25, 0.3) is 5.91 Å². The van der Waals surface area contributed by atoms with E-state index in [-0.39, 0.29) is 5.91 Å². The number of aromatic nitrogens is 4. The third kappa shape index (κ3) is 2.99. The number of carbonyl (C=O) groups is 1. The van der Waals surface area contributed by atoms with Gasteiger partial charge >= 0.3 is 0 Å². The quantitative estimate of drug-likeness (QED) is 0.750. The van der Waals surface area contributed by atoms with Crippen molar-refractivity contribution in [2.45, 2.75) is 5.03 Å². The molecule has 3 aromatic rings. The Balaban J connectivity index is 1.86. The van der Waals surface area contributed by atoms with E-state index in [1.165, 1.54) is 0 Å². The first-order valence-corrected chi connectivity index (χ1v) is 7.77. The summed E-state index contributed by atoms with van der Waals surface area (Å²) in [6.07, 6.45) is 6.86. The number of thioether (sulfide) groups is 1. The highest BCUT2D eigenvalue weighted by Crippen LogP contribution is 2.17. The Hall–Kier alpha value is -2.67. The summed E-state index contributed by atoms with van der Waals surface area (Å²) in [6, 6.07) is 10.9. The highest BCUT2D eigenvalue weighted by atomic mass is 32.2. The lowest BCUT2D eigenvalue weighted by Crippen LogP contribution is -2.15. The maximum absolute atomic E-state index is 12.5. The summed E-state index contributed by atoms with van der Waals surface area (Å²) in [6.45, 7) is 0. The van der Waals surface area contributed by atoms with Gasteiger partial charge < -0.3 is 5.32 Å². The number of benzene rings is 1. The summed E-state index contributed by atoms with van der Waals surface area (Å²) in [5.74, 6) is -0.218. The molecule has 0 bridgehead atoms. The molecule has 6 nitrogen and oxygen atoms in total. The van der Waals surface area contributed by atoms with Gasteiger partial charge in [-0.15, -0.1) is 16.9 Å². The van der Waals surface area contributed by atoms with Crippen LogP contribution in [0.15, 0.2) is 60.0 Å². The van der Waals surface area contributed by atoms with Crippen LogP contribution < -0.4 is 5.32 Å². The van der Waals surface area contributed by atoms with Crippen molar-refractivity contribution < 1.29 is 4.79 Å². The molecule has 2 heterocycles. The first-order valence-electron chi connectivity index (χ1n) is 6.55. The second kappa shape index (κ2) is 6.40. The molecule has 0 spiro atoms. The average Bonchev–Trinajstić information content (AvgIpc) is 3.10. The molecule has 0 radical (unpaired) electrons. The molecule has 1 N–H and O–H groups in total. The Kier molecular flexibility index (Phi) is 4.15. The van der Waals surface area contributed by atoms with Crippen molar-refractivity contribution in [1.29, 1.82) is 0 Å². The van der Waals surface area contributed by atoms with E-state index in [9.17, 15) is 4.79 Å². The van der Waals surface area contributed by atoms with Gasteiger partial charge in [-0.25, -0.2) is 9.67 Å². The fourth-order valence-corrected chi connectivity index (χ4v) is 2.34. The van der Waals surface area contributed by atoms with E-state index >= 15 is 0 Å². The van der Waals surface area contributed by atoms with Crippen LogP contribution in [0.2, 0.25) is 0 Å². The smallest absolute Gasteiger partial charge is 0.257 e. The van der Waals surface area contributed by atoms with Gasteiger partial charge in [-0.3, -0.25) is 4.79 Å². The number of nitrogens with zero attached hydrogens (tertiary/aromatic N) is 4. The van der Waals surface area contributed by atoms with Crippen molar-refractivity contribution in [3.63, 3.8) is 0 Å². The Labute approximate surface area is 131 Å². The topological polar surface area (TPSA) is 72.7 Å². The molecule has 0 aliphatic rings. The van der Waals surface area contributed by atoms with Crippen molar-refractivity contribution >= 4 is 23.4 Å². The molecule has 0 unspecified atom stereocenters. The Bertz CT molecular complexity index is 771. The van der Waals surface area contributed by atoms with Gasteiger partial charge in [-0.05, 0) is 30.5 Å². The van der Waals surface area contributed by atoms with Crippen LogP contribution in [0.4, 0.5) is 5.69 Å². The van der Waals surface area contributed by atoms with Crippen molar-refractivity contribution in [2.24, 2.45) is 0 Å². The number of amides is 1. The second-order valence-corrected chi connectivity index (χ2v) is 5.23. The molecule has 0 aliphatic heterocycles. The number of nitrogens with one attached hydrogen (secondary N) is 1. The van der Waals surface area contributed by atoms with Gasteiger partial charge in [0.2, 0.25) is 0 Å². The SMILES string of the molecule is CSc1ccc(NC(=O)c2ccccc2-n2ccnn2)cn1. The molecule has 2 aromatic heterocycles. The average molecular weight is 311 g/mol. The van der Waals surface area contributed by atoms with Crippen LogP contribution in [-0.2, 0) is 0 Å². The Morgan fingerprint density at radius 2 is 2.09 bits per heavy atom. The first-order chi connectivity index (χ1) is 10.8. The third-order valence-electron chi connectivity index (χ3n) is 3.02. The van der Waals surface area contributed by atoms with Crippen LogP contribution in [0.3, 0.4) is 0 Å². The number of rotatable bonds is 4. The molecule has 0 fully saturated rings. The lowest BCUT2D eigenvalue weighted by Gasteiger charge is -2.09. The second-order valence-electron chi connectivity index (χ2n) is 4.41. The third-order valence-corrected chi connectivity index (χ3v) is 3.68. The van der Waals surface area contributed by atoms with Crippen molar-refractivity contribution in [2.75, 3.05) is 11.6 Å². The zero-order chi connectivity index (χ0) is 15.4. The van der Waals surface area contributed by atoms with Crippen LogP contribution in [0.1, 0.15) is 10.4 Å². The highest BCUT2D eigenvalue weighted by Gasteiger charge is 2.13. The predicted molar refractivity (Wildman–Crippen MR) is 85.3 cm³/mol.